The largest absolute Gasteiger partial charge is 0.481 e. The highest BCUT2D eigenvalue weighted by Gasteiger charge is 2.57. The molecule has 5 heteroatoms. The summed E-state index contributed by atoms with van der Waals surface area (Å²) in [5.41, 5.74) is -0.386. The molecule has 0 bridgehead atoms. The molecule has 13 heavy (non-hydrogen) atoms. The minimum atomic E-state index is -2.96. The summed E-state index contributed by atoms with van der Waals surface area (Å²) in [6.07, 6.45) is 1.84. The fourth-order valence-corrected chi connectivity index (χ4v) is 4.36. The number of carboxylic acids is 1. The highest BCUT2D eigenvalue weighted by atomic mass is 32.2. The summed E-state index contributed by atoms with van der Waals surface area (Å²) in [5, 5.41) is 8.89. The van der Waals surface area contributed by atoms with Crippen molar-refractivity contribution in [2.24, 2.45) is 11.3 Å². The molecule has 2 aliphatic rings. The number of rotatable bonds is 1. The predicted molar refractivity (Wildman–Crippen MR) is 46.1 cm³/mol. The standard InChI is InChI=1S/C8H12O4S/c9-7(10)6-1-4-13(11,12)5-8(6)2-3-8/h6H,1-5H2,(H,9,10). The van der Waals surface area contributed by atoms with Crippen LogP contribution in [-0.2, 0) is 14.6 Å². The van der Waals surface area contributed by atoms with Crippen molar-refractivity contribution in [1.29, 1.82) is 0 Å². The molecule has 1 atom stereocenters. The second-order valence-corrected chi connectivity index (χ2v) is 6.32. The van der Waals surface area contributed by atoms with Crippen molar-refractivity contribution in [3.05, 3.63) is 0 Å². The smallest absolute Gasteiger partial charge is 0.307 e. The third kappa shape index (κ3) is 1.45. The lowest BCUT2D eigenvalue weighted by molar-refractivity contribution is -0.144. The lowest BCUT2D eigenvalue weighted by Crippen LogP contribution is -2.38. The molecular formula is C8H12O4S. The van der Waals surface area contributed by atoms with E-state index in [9.17, 15) is 13.2 Å². The normalized spacial score (nSPS) is 34.3. The van der Waals surface area contributed by atoms with Gasteiger partial charge in [0.15, 0.2) is 9.84 Å². The van der Waals surface area contributed by atoms with Gasteiger partial charge in [0, 0.05) is 0 Å². The van der Waals surface area contributed by atoms with Crippen molar-refractivity contribution < 1.29 is 18.3 Å². The van der Waals surface area contributed by atoms with E-state index in [1.165, 1.54) is 0 Å². The number of hydrogen-bond acceptors (Lipinski definition) is 3. The van der Waals surface area contributed by atoms with E-state index in [0.717, 1.165) is 12.8 Å². The number of hydrogen-bond donors (Lipinski definition) is 1. The highest BCUT2D eigenvalue weighted by Crippen LogP contribution is 2.56. The molecule has 1 N–H and O–H groups in total. The van der Waals surface area contributed by atoms with Gasteiger partial charge < -0.3 is 5.11 Å². The average Bonchev–Trinajstić information content (AvgIpc) is 2.66. The van der Waals surface area contributed by atoms with E-state index in [1.807, 2.05) is 0 Å². The molecule has 0 aromatic heterocycles. The Balaban J connectivity index is 2.24. The Morgan fingerprint density at radius 1 is 1.38 bits per heavy atom. The van der Waals surface area contributed by atoms with E-state index in [-0.39, 0.29) is 16.9 Å². The molecule has 1 aliphatic carbocycles. The second-order valence-electron chi connectivity index (χ2n) is 4.13. The molecule has 74 valence electrons. The van der Waals surface area contributed by atoms with Gasteiger partial charge in [-0.25, -0.2) is 8.42 Å². The van der Waals surface area contributed by atoms with Crippen molar-refractivity contribution in [3.8, 4) is 0 Å². The van der Waals surface area contributed by atoms with Gasteiger partial charge in [0.25, 0.3) is 0 Å². The maximum atomic E-state index is 11.3. The molecule has 0 aromatic carbocycles. The van der Waals surface area contributed by atoms with Crippen LogP contribution >= 0.6 is 0 Å². The summed E-state index contributed by atoms with van der Waals surface area (Å²) in [6, 6.07) is 0. The Labute approximate surface area is 76.9 Å². The summed E-state index contributed by atoms with van der Waals surface area (Å²) < 4.78 is 22.6. The minimum Gasteiger partial charge on any atom is -0.481 e. The summed E-state index contributed by atoms with van der Waals surface area (Å²) in [7, 11) is -2.96. The van der Waals surface area contributed by atoms with E-state index in [0.29, 0.717) is 6.42 Å². The highest BCUT2D eigenvalue weighted by molar-refractivity contribution is 7.91. The SMILES string of the molecule is O=C(O)C1CCS(=O)(=O)CC12CC2. The van der Waals surface area contributed by atoms with Crippen LogP contribution in [0.4, 0.5) is 0 Å². The van der Waals surface area contributed by atoms with Crippen LogP contribution in [0.25, 0.3) is 0 Å². The van der Waals surface area contributed by atoms with Crippen molar-refractivity contribution in [1.82, 2.24) is 0 Å². The lowest BCUT2D eigenvalue weighted by Gasteiger charge is -2.27. The van der Waals surface area contributed by atoms with Gasteiger partial charge in [-0.2, -0.15) is 0 Å². The molecule has 0 aromatic rings. The quantitative estimate of drug-likeness (QED) is 0.666. The molecule has 1 saturated heterocycles. The van der Waals surface area contributed by atoms with Crippen LogP contribution in [0.1, 0.15) is 19.3 Å². The van der Waals surface area contributed by atoms with Gasteiger partial charge in [0.1, 0.15) is 0 Å². The Morgan fingerprint density at radius 2 is 2.00 bits per heavy atom. The van der Waals surface area contributed by atoms with Crippen molar-refractivity contribution in [3.63, 3.8) is 0 Å². The monoisotopic (exact) mass is 204 g/mol. The van der Waals surface area contributed by atoms with Gasteiger partial charge in [-0.05, 0) is 24.7 Å². The van der Waals surface area contributed by atoms with Gasteiger partial charge in [-0.1, -0.05) is 0 Å². The van der Waals surface area contributed by atoms with Crippen LogP contribution in [0.3, 0.4) is 0 Å². The van der Waals surface area contributed by atoms with Gasteiger partial charge >= 0.3 is 5.97 Å². The Bertz CT molecular complexity index is 339. The molecular weight excluding hydrogens is 192 g/mol. The molecule has 1 aliphatic heterocycles. The summed E-state index contributed by atoms with van der Waals surface area (Å²) in [4.78, 5) is 10.8. The van der Waals surface area contributed by atoms with E-state index in [4.69, 9.17) is 5.11 Å². The van der Waals surface area contributed by atoms with E-state index in [1.54, 1.807) is 0 Å². The third-order valence-electron chi connectivity index (χ3n) is 3.15. The number of aliphatic carboxylic acids is 1. The molecule has 1 saturated carbocycles. The zero-order chi connectivity index (χ0) is 9.69. The summed E-state index contributed by atoms with van der Waals surface area (Å²) >= 11 is 0. The summed E-state index contributed by atoms with van der Waals surface area (Å²) in [5.74, 6) is -1.11. The fraction of sp³-hybridized carbons (Fsp3) is 0.875. The first-order valence-electron chi connectivity index (χ1n) is 4.38. The maximum Gasteiger partial charge on any atom is 0.307 e. The van der Waals surface area contributed by atoms with Crippen LogP contribution < -0.4 is 0 Å². The Morgan fingerprint density at radius 3 is 2.46 bits per heavy atom. The zero-order valence-corrected chi connectivity index (χ0v) is 8.01. The van der Waals surface area contributed by atoms with Gasteiger partial charge in [-0.3, -0.25) is 4.79 Å². The average molecular weight is 204 g/mol. The van der Waals surface area contributed by atoms with E-state index < -0.39 is 21.7 Å². The van der Waals surface area contributed by atoms with Gasteiger partial charge in [0.05, 0.1) is 17.4 Å². The van der Waals surface area contributed by atoms with Crippen molar-refractivity contribution in [2.45, 2.75) is 19.3 Å². The third-order valence-corrected chi connectivity index (χ3v) is 5.03. The second kappa shape index (κ2) is 2.47. The molecule has 2 fully saturated rings. The first kappa shape index (κ1) is 8.99. The molecule has 1 spiro atoms. The van der Waals surface area contributed by atoms with Gasteiger partial charge in [0.2, 0.25) is 0 Å². The van der Waals surface area contributed by atoms with Crippen LogP contribution in [0.2, 0.25) is 0 Å². The van der Waals surface area contributed by atoms with Crippen LogP contribution in [0.15, 0.2) is 0 Å². The van der Waals surface area contributed by atoms with Crippen LogP contribution in [0, 0.1) is 11.3 Å². The molecule has 1 unspecified atom stereocenters. The van der Waals surface area contributed by atoms with Crippen molar-refractivity contribution in [2.75, 3.05) is 11.5 Å². The van der Waals surface area contributed by atoms with Crippen LogP contribution in [0.5, 0.6) is 0 Å². The fourth-order valence-electron chi connectivity index (χ4n) is 2.25. The first-order valence-corrected chi connectivity index (χ1v) is 6.21. The molecule has 2 rings (SSSR count). The topological polar surface area (TPSA) is 71.4 Å². The minimum absolute atomic E-state index is 0.0473. The number of carbonyl (C=O) groups is 1. The summed E-state index contributed by atoms with van der Waals surface area (Å²) in [6.45, 7) is 0. The Kier molecular flexibility index (Phi) is 1.71. The van der Waals surface area contributed by atoms with Gasteiger partial charge in [-0.15, -0.1) is 0 Å². The van der Waals surface area contributed by atoms with Crippen molar-refractivity contribution >= 4 is 15.8 Å². The first-order chi connectivity index (χ1) is 5.95. The number of sulfone groups is 1. The lowest BCUT2D eigenvalue weighted by atomic mass is 9.88. The van der Waals surface area contributed by atoms with Crippen LogP contribution in [-0.4, -0.2) is 31.0 Å². The molecule has 1 heterocycles. The number of carboxylic acid groups (broad SMARTS) is 1. The molecule has 0 radical (unpaired) electrons. The van der Waals surface area contributed by atoms with E-state index in [2.05, 4.69) is 0 Å². The zero-order valence-electron chi connectivity index (χ0n) is 7.19. The predicted octanol–water partition coefficient (Wildman–Crippen LogP) is 0.286. The molecule has 0 amide bonds. The van der Waals surface area contributed by atoms with E-state index >= 15 is 0 Å². The molecule has 4 nitrogen and oxygen atoms in total. The Hall–Kier alpha value is -0.580. The maximum absolute atomic E-state index is 11.3.